The van der Waals surface area contributed by atoms with Crippen molar-refractivity contribution in [3.8, 4) is 5.75 Å². The van der Waals surface area contributed by atoms with Gasteiger partial charge >= 0.3 is 6.11 Å². The Kier molecular flexibility index (Phi) is 4.61. The van der Waals surface area contributed by atoms with Gasteiger partial charge in [-0.3, -0.25) is 15.6 Å². The van der Waals surface area contributed by atoms with Crippen LogP contribution in [0, 0.1) is 0 Å². The molecule has 0 bridgehead atoms. The van der Waals surface area contributed by atoms with E-state index in [4.69, 9.17) is 0 Å². The number of hydroxylamine groups is 1. The van der Waals surface area contributed by atoms with Gasteiger partial charge in [0.25, 0.3) is 0 Å². The average Bonchev–Trinajstić information content (AvgIpc) is 2.95. The monoisotopic (exact) mass is 307 g/mol. The Morgan fingerprint density at radius 1 is 1.40 bits per heavy atom. The highest BCUT2D eigenvalue weighted by Crippen LogP contribution is 2.24. The van der Waals surface area contributed by atoms with E-state index in [-0.39, 0.29) is 5.75 Å². The molecule has 9 heteroatoms. The highest BCUT2D eigenvalue weighted by molar-refractivity contribution is 8.14. The number of rotatable bonds is 5. The molecule has 2 rings (SSSR count). The first-order chi connectivity index (χ1) is 9.50. The molecule has 0 aliphatic carbocycles. The Hall–Kier alpha value is -1.61. The number of halogens is 3. The van der Waals surface area contributed by atoms with Gasteiger partial charge in [0.1, 0.15) is 5.75 Å². The maximum atomic E-state index is 12.7. The quantitative estimate of drug-likeness (QED) is 0.819. The standard InChI is InChI=1S/C11H12F3N3O2S/c12-7-11(13,14)19-9-3-1-8(2-4-9)16-17(18)10-15-5-6-20-10/h1-4,16,18H,5-7H2. The number of thioether (sulfide) groups is 1. The normalized spacial score (nSPS) is 14.9. The molecule has 1 heterocycles. The average molecular weight is 307 g/mol. The summed E-state index contributed by atoms with van der Waals surface area (Å²) in [5, 5.41) is 10.8. The smallest absolute Gasteiger partial charge is 0.427 e. The molecular weight excluding hydrogens is 295 g/mol. The zero-order valence-electron chi connectivity index (χ0n) is 10.2. The summed E-state index contributed by atoms with van der Waals surface area (Å²) in [4.78, 5) is 4.04. The summed E-state index contributed by atoms with van der Waals surface area (Å²) in [7, 11) is 0. The summed E-state index contributed by atoms with van der Waals surface area (Å²) in [6.45, 7) is -1.27. The van der Waals surface area contributed by atoms with Gasteiger partial charge in [0.15, 0.2) is 6.67 Å². The number of ether oxygens (including phenoxy) is 1. The topological polar surface area (TPSA) is 57.1 Å². The van der Waals surface area contributed by atoms with Crippen molar-refractivity contribution in [2.75, 3.05) is 24.4 Å². The number of hydrogen-bond acceptors (Lipinski definition) is 6. The van der Waals surface area contributed by atoms with E-state index in [1.807, 2.05) is 0 Å². The van der Waals surface area contributed by atoms with Crippen molar-refractivity contribution in [1.82, 2.24) is 5.17 Å². The van der Waals surface area contributed by atoms with Crippen LogP contribution in [0.2, 0.25) is 0 Å². The van der Waals surface area contributed by atoms with Crippen LogP contribution in [-0.2, 0) is 0 Å². The SMILES string of the molecule is ON(Nc1ccc(OC(F)(F)CF)cc1)C1=NCCS1. The maximum absolute atomic E-state index is 12.7. The van der Waals surface area contributed by atoms with Crippen LogP contribution < -0.4 is 10.2 Å². The summed E-state index contributed by atoms with van der Waals surface area (Å²) in [5.74, 6) is 0.620. The molecule has 0 fully saturated rings. The molecule has 0 aromatic heterocycles. The second-order valence-electron chi connectivity index (χ2n) is 3.83. The number of benzene rings is 1. The van der Waals surface area contributed by atoms with E-state index in [1.54, 1.807) is 0 Å². The minimum atomic E-state index is -3.84. The maximum Gasteiger partial charge on any atom is 0.427 e. The molecule has 1 aromatic rings. The number of nitrogens with zero attached hydrogens (tertiary/aromatic N) is 2. The lowest BCUT2D eigenvalue weighted by atomic mass is 10.3. The predicted octanol–water partition coefficient (Wildman–Crippen LogP) is 2.75. The van der Waals surface area contributed by atoms with Gasteiger partial charge in [-0.05, 0) is 24.3 Å². The summed E-state index contributed by atoms with van der Waals surface area (Å²) >= 11 is 1.38. The Morgan fingerprint density at radius 3 is 2.65 bits per heavy atom. The zero-order valence-corrected chi connectivity index (χ0v) is 11.0. The molecule has 1 aliphatic heterocycles. The third-order valence-corrected chi connectivity index (χ3v) is 3.21. The fraction of sp³-hybridized carbons (Fsp3) is 0.364. The molecule has 1 aromatic carbocycles. The van der Waals surface area contributed by atoms with Gasteiger partial charge < -0.3 is 4.74 Å². The minimum absolute atomic E-state index is 0.171. The molecule has 20 heavy (non-hydrogen) atoms. The molecule has 110 valence electrons. The lowest BCUT2D eigenvalue weighted by Gasteiger charge is -2.18. The van der Waals surface area contributed by atoms with Gasteiger partial charge in [-0.25, -0.2) is 4.39 Å². The van der Waals surface area contributed by atoms with Gasteiger partial charge in [0, 0.05) is 5.75 Å². The van der Waals surface area contributed by atoms with E-state index in [1.165, 1.54) is 36.0 Å². The van der Waals surface area contributed by atoms with Crippen molar-refractivity contribution >= 4 is 22.6 Å². The number of alkyl halides is 3. The Balaban J connectivity index is 1.94. The Labute approximate surface area is 117 Å². The van der Waals surface area contributed by atoms with Crippen molar-refractivity contribution in [2.45, 2.75) is 6.11 Å². The lowest BCUT2D eigenvalue weighted by Crippen LogP contribution is -2.30. The number of hydrogen-bond donors (Lipinski definition) is 2. The van der Waals surface area contributed by atoms with Crippen LogP contribution >= 0.6 is 11.8 Å². The number of hydrazine groups is 1. The third-order valence-electron chi connectivity index (χ3n) is 2.26. The summed E-state index contributed by atoms with van der Waals surface area (Å²) < 4.78 is 41.5. The van der Waals surface area contributed by atoms with E-state index >= 15 is 0 Å². The van der Waals surface area contributed by atoms with Crippen molar-refractivity contribution < 1.29 is 23.1 Å². The van der Waals surface area contributed by atoms with Crippen LogP contribution in [0.15, 0.2) is 29.3 Å². The van der Waals surface area contributed by atoms with Crippen LogP contribution in [-0.4, -0.2) is 40.6 Å². The van der Waals surface area contributed by atoms with E-state index in [2.05, 4.69) is 15.2 Å². The molecule has 0 amide bonds. The van der Waals surface area contributed by atoms with Gasteiger partial charge in [-0.1, -0.05) is 11.8 Å². The molecule has 5 nitrogen and oxygen atoms in total. The van der Waals surface area contributed by atoms with Crippen LogP contribution in [0.1, 0.15) is 0 Å². The fourth-order valence-electron chi connectivity index (χ4n) is 1.42. The van der Waals surface area contributed by atoms with Gasteiger partial charge in [0.05, 0.1) is 12.2 Å². The molecule has 0 atom stereocenters. The first-order valence-corrected chi connectivity index (χ1v) is 6.64. The third kappa shape index (κ3) is 3.94. The summed E-state index contributed by atoms with van der Waals surface area (Å²) in [5.41, 5.74) is 3.05. The number of anilines is 1. The van der Waals surface area contributed by atoms with Crippen LogP contribution in [0.3, 0.4) is 0 Å². The molecule has 0 saturated heterocycles. The number of nitrogens with one attached hydrogen (secondary N) is 1. The summed E-state index contributed by atoms with van der Waals surface area (Å²) in [6, 6.07) is 5.30. The lowest BCUT2D eigenvalue weighted by molar-refractivity contribution is -0.186. The molecular formula is C11H12F3N3O2S. The number of aliphatic imine (C=N–C) groups is 1. The molecule has 0 radical (unpaired) electrons. The molecule has 0 saturated carbocycles. The molecule has 1 aliphatic rings. The van der Waals surface area contributed by atoms with Crippen molar-refractivity contribution in [2.24, 2.45) is 4.99 Å². The van der Waals surface area contributed by atoms with Crippen molar-refractivity contribution in [1.29, 1.82) is 0 Å². The zero-order chi connectivity index (χ0) is 14.6. The first kappa shape index (κ1) is 14.8. The predicted molar refractivity (Wildman–Crippen MR) is 70.0 cm³/mol. The summed E-state index contributed by atoms with van der Waals surface area (Å²) in [6.07, 6.45) is -3.84. The van der Waals surface area contributed by atoms with Gasteiger partial charge in [0.2, 0.25) is 5.17 Å². The van der Waals surface area contributed by atoms with E-state index in [9.17, 15) is 18.4 Å². The van der Waals surface area contributed by atoms with E-state index < -0.39 is 12.8 Å². The second-order valence-corrected chi connectivity index (χ2v) is 4.90. The molecule has 2 N–H and O–H groups in total. The first-order valence-electron chi connectivity index (χ1n) is 5.66. The fourth-order valence-corrected chi connectivity index (χ4v) is 2.13. The Bertz CT molecular complexity index is 484. The number of amidine groups is 1. The molecule has 0 unspecified atom stereocenters. The largest absolute Gasteiger partial charge is 0.431 e. The van der Waals surface area contributed by atoms with Crippen LogP contribution in [0.4, 0.5) is 18.9 Å². The van der Waals surface area contributed by atoms with E-state index in [0.717, 1.165) is 10.9 Å². The highest BCUT2D eigenvalue weighted by atomic mass is 32.2. The van der Waals surface area contributed by atoms with Gasteiger partial charge in [-0.2, -0.15) is 8.78 Å². The van der Waals surface area contributed by atoms with Crippen LogP contribution in [0.5, 0.6) is 5.75 Å². The van der Waals surface area contributed by atoms with Gasteiger partial charge in [-0.15, -0.1) is 5.17 Å². The van der Waals surface area contributed by atoms with Crippen molar-refractivity contribution in [3.63, 3.8) is 0 Å². The minimum Gasteiger partial charge on any atom is -0.431 e. The van der Waals surface area contributed by atoms with Crippen LogP contribution in [0.25, 0.3) is 0 Å². The second kappa shape index (κ2) is 6.23. The Morgan fingerprint density at radius 2 is 2.10 bits per heavy atom. The van der Waals surface area contributed by atoms with Crippen molar-refractivity contribution in [3.05, 3.63) is 24.3 Å². The molecule has 0 spiro atoms. The highest BCUT2D eigenvalue weighted by Gasteiger charge is 2.31. The van der Waals surface area contributed by atoms with E-state index in [0.29, 0.717) is 17.4 Å².